The van der Waals surface area contributed by atoms with E-state index in [1.807, 2.05) is 0 Å². The maximum absolute atomic E-state index is 10.0. The molecule has 0 saturated carbocycles. The topological polar surface area (TPSA) is 190 Å². The van der Waals surface area contributed by atoms with Crippen molar-refractivity contribution in [2.75, 3.05) is 26.4 Å². The molecule has 144 valence electrons. The molecule has 1 fully saturated rings. The third-order valence-corrected chi connectivity index (χ3v) is 3.69. The summed E-state index contributed by atoms with van der Waals surface area (Å²) in [5, 5.41) is 75.6. The minimum atomic E-state index is -2.36. The van der Waals surface area contributed by atoms with Crippen LogP contribution in [0, 0.1) is 0 Å². The lowest BCUT2D eigenvalue weighted by atomic mass is 10.1. The van der Waals surface area contributed by atoms with Crippen molar-refractivity contribution < 1.29 is 55.1 Å². The molecule has 1 saturated heterocycles. The molecule has 0 amide bonds. The lowest BCUT2D eigenvalue weighted by Crippen LogP contribution is -2.50. The van der Waals surface area contributed by atoms with Crippen LogP contribution in [0.1, 0.15) is 6.92 Å². The van der Waals surface area contributed by atoms with Gasteiger partial charge in [-0.15, -0.1) is 0 Å². The molecular weight excluding hydrogens is 332 g/mol. The molecule has 0 aliphatic carbocycles. The Balaban J connectivity index is 2.87. The predicted molar refractivity (Wildman–Crippen MR) is 75.4 cm³/mol. The van der Waals surface area contributed by atoms with Crippen LogP contribution >= 0.6 is 0 Å². The maximum Gasteiger partial charge on any atom is 0.219 e. The van der Waals surface area contributed by atoms with E-state index in [0.717, 1.165) is 0 Å². The van der Waals surface area contributed by atoms with E-state index in [0.29, 0.717) is 0 Å². The van der Waals surface area contributed by atoms with Crippen molar-refractivity contribution in [2.45, 2.75) is 55.6 Å². The molecule has 0 aromatic heterocycles. The Kier molecular flexibility index (Phi) is 8.38. The third kappa shape index (κ3) is 4.80. The number of hydrogen-bond donors (Lipinski definition) is 8. The molecule has 3 unspecified atom stereocenters. The van der Waals surface area contributed by atoms with Crippen molar-refractivity contribution in [2.24, 2.45) is 0 Å². The van der Waals surface area contributed by atoms with E-state index in [1.54, 1.807) is 0 Å². The Morgan fingerprint density at radius 2 is 1.75 bits per heavy atom. The zero-order valence-electron chi connectivity index (χ0n) is 13.2. The van der Waals surface area contributed by atoms with Gasteiger partial charge in [0.25, 0.3) is 0 Å². The molecule has 24 heavy (non-hydrogen) atoms. The SMILES string of the molecule is C[C@H](O)[C@@H](OC(CO)[C@@H](O)CO)OC1[C@@H](O)C(O)(CO)O[C@@H]1CO. The van der Waals surface area contributed by atoms with Crippen LogP contribution in [0.2, 0.25) is 0 Å². The average molecular weight is 358 g/mol. The normalized spacial score (nSPS) is 35.6. The van der Waals surface area contributed by atoms with Crippen molar-refractivity contribution in [1.29, 1.82) is 0 Å². The van der Waals surface area contributed by atoms with E-state index in [4.69, 9.17) is 29.5 Å². The number of ether oxygens (including phenoxy) is 3. The first kappa shape index (κ1) is 21.6. The molecule has 0 spiro atoms. The van der Waals surface area contributed by atoms with E-state index >= 15 is 0 Å². The lowest BCUT2D eigenvalue weighted by molar-refractivity contribution is -0.267. The Hall–Kier alpha value is -0.440. The summed E-state index contributed by atoms with van der Waals surface area (Å²) in [6.07, 6.45) is -9.92. The number of rotatable bonds is 10. The van der Waals surface area contributed by atoms with E-state index in [9.17, 15) is 25.5 Å². The van der Waals surface area contributed by atoms with Gasteiger partial charge in [-0.3, -0.25) is 0 Å². The predicted octanol–water partition coefficient (Wildman–Crippen LogP) is -4.76. The monoisotopic (exact) mass is 358 g/mol. The fourth-order valence-electron chi connectivity index (χ4n) is 2.25. The molecule has 0 aromatic rings. The Bertz CT molecular complexity index is 368. The first-order valence-electron chi connectivity index (χ1n) is 7.42. The zero-order chi connectivity index (χ0) is 18.5. The molecule has 1 aliphatic heterocycles. The van der Waals surface area contributed by atoms with Gasteiger partial charge in [-0.25, -0.2) is 0 Å². The Morgan fingerprint density at radius 1 is 1.12 bits per heavy atom. The van der Waals surface area contributed by atoms with Gasteiger partial charge in [0, 0.05) is 0 Å². The van der Waals surface area contributed by atoms with Crippen molar-refractivity contribution in [3.05, 3.63) is 0 Å². The van der Waals surface area contributed by atoms with Gasteiger partial charge in [-0.1, -0.05) is 0 Å². The molecule has 0 radical (unpaired) electrons. The molecular formula is C13H26O11. The molecule has 1 aliphatic rings. The van der Waals surface area contributed by atoms with E-state index < -0.39 is 75.1 Å². The summed E-state index contributed by atoms with van der Waals surface area (Å²) in [5.74, 6) is -2.36. The second-order valence-electron chi connectivity index (χ2n) is 5.60. The number of aliphatic hydroxyl groups is 8. The average Bonchev–Trinajstić information content (AvgIpc) is 2.82. The van der Waals surface area contributed by atoms with Gasteiger partial charge in [0.05, 0.1) is 26.4 Å². The summed E-state index contributed by atoms with van der Waals surface area (Å²) >= 11 is 0. The van der Waals surface area contributed by atoms with Crippen LogP contribution in [-0.4, -0.2) is 116 Å². The minimum absolute atomic E-state index is 0.667. The first-order valence-corrected chi connectivity index (χ1v) is 7.42. The highest BCUT2D eigenvalue weighted by Crippen LogP contribution is 2.32. The molecule has 8 N–H and O–H groups in total. The zero-order valence-corrected chi connectivity index (χ0v) is 13.2. The molecule has 11 heteroatoms. The summed E-state index contributed by atoms with van der Waals surface area (Å²) in [7, 11) is 0. The van der Waals surface area contributed by atoms with Gasteiger partial charge in [0.15, 0.2) is 6.29 Å². The van der Waals surface area contributed by atoms with E-state index in [1.165, 1.54) is 6.92 Å². The van der Waals surface area contributed by atoms with Gasteiger partial charge < -0.3 is 55.1 Å². The van der Waals surface area contributed by atoms with Crippen LogP contribution < -0.4 is 0 Å². The molecule has 1 rings (SSSR count). The molecule has 11 nitrogen and oxygen atoms in total. The van der Waals surface area contributed by atoms with Crippen LogP contribution in [0.25, 0.3) is 0 Å². The molecule has 8 atom stereocenters. The highest BCUT2D eigenvalue weighted by atomic mass is 16.7. The van der Waals surface area contributed by atoms with Crippen LogP contribution in [0.4, 0.5) is 0 Å². The lowest BCUT2D eigenvalue weighted by Gasteiger charge is -2.32. The summed E-state index contributed by atoms with van der Waals surface area (Å²) in [6.45, 7) is -1.77. The van der Waals surface area contributed by atoms with Gasteiger partial charge >= 0.3 is 0 Å². The third-order valence-electron chi connectivity index (χ3n) is 3.69. The Labute approximate surface area is 138 Å². The summed E-state index contributed by atoms with van der Waals surface area (Å²) in [6, 6.07) is 0. The number of hydrogen-bond acceptors (Lipinski definition) is 11. The first-order chi connectivity index (χ1) is 11.2. The van der Waals surface area contributed by atoms with Crippen molar-refractivity contribution in [3.63, 3.8) is 0 Å². The summed E-state index contributed by atoms with van der Waals surface area (Å²) in [5.41, 5.74) is 0. The van der Waals surface area contributed by atoms with Crippen LogP contribution in [0.3, 0.4) is 0 Å². The van der Waals surface area contributed by atoms with Crippen LogP contribution in [-0.2, 0) is 14.2 Å². The highest BCUT2D eigenvalue weighted by Gasteiger charge is 2.55. The number of aliphatic hydroxyl groups excluding tert-OH is 7. The highest BCUT2D eigenvalue weighted by molar-refractivity contribution is 4.96. The second-order valence-corrected chi connectivity index (χ2v) is 5.60. The second kappa shape index (κ2) is 9.31. The summed E-state index contributed by atoms with van der Waals surface area (Å²) in [4.78, 5) is 0. The smallest absolute Gasteiger partial charge is 0.219 e. The molecule has 1 heterocycles. The van der Waals surface area contributed by atoms with Gasteiger partial charge in [0.2, 0.25) is 5.79 Å². The van der Waals surface area contributed by atoms with Crippen LogP contribution in [0.15, 0.2) is 0 Å². The Morgan fingerprint density at radius 3 is 2.17 bits per heavy atom. The quantitative estimate of drug-likeness (QED) is 0.175. The molecule has 0 aromatic carbocycles. The standard InChI is InChI=1S/C13H26O11/c1-6(18)12(22-8(3-15)7(19)2-14)23-10-9(4-16)24-13(21,5-17)11(10)20/h6-12,14-21H,2-5H2,1H3/t6-,7-,8?,9+,10?,11+,12-,13?/m0/s1. The fourth-order valence-corrected chi connectivity index (χ4v) is 2.25. The largest absolute Gasteiger partial charge is 0.394 e. The van der Waals surface area contributed by atoms with Crippen molar-refractivity contribution in [1.82, 2.24) is 0 Å². The maximum atomic E-state index is 10.0. The van der Waals surface area contributed by atoms with Crippen molar-refractivity contribution in [3.8, 4) is 0 Å². The fraction of sp³-hybridized carbons (Fsp3) is 1.00. The van der Waals surface area contributed by atoms with E-state index in [-0.39, 0.29) is 0 Å². The van der Waals surface area contributed by atoms with Gasteiger partial charge in [-0.2, -0.15) is 0 Å². The van der Waals surface area contributed by atoms with Gasteiger partial charge in [0.1, 0.15) is 36.6 Å². The van der Waals surface area contributed by atoms with Gasteiger partial charge in [-0.05, 0) is 6.92 Å². The van der Waals surface area contributed by atoms with E-state index in [2.05, 4.69) is 0 Å². The van der Waals surface area contributed by atoms with Crippen LogP contribution in [0.5, 0.6) is 0 Å². The summed E-state index contributed by atoms with van der Waals surface area (Å²) < 4.78 is 15.5. The molecule has 0 bridgehead atoms. The van der Waals surface area contributed by atoms with Crippen molar-refractivity contribution >= 4 is 0 Å². The minimum Gasteiger partial charge on any atom is -0.394 e.